The average molecular weight is 227 g/mol. The largest absolute Gasteiger partial charge is 0.399 e. The molecule has 3 N–H and O–H groups in total. The first kappa shape index (κ1) is 9.89. The first-order valence-corrected chi connectivity index (χ1v) is 5.41. The number of hydrogen-bond donors (Lipinski definition) is 2. The Kier molecular flexibility index (Phi) is 1.95. The molecule has 3 rings (SSSR count). The van der Waals surface area contributed by atoms with E-state index >= 15 is 0 Å². The Labute approximate surface area is 98.3 Å². The molecule has 0 fully saturated rings. The second-order valence-corrected chi connectivity index (χ2v) is 4.12. The van der Waals surface area contributed by atoms with Gasteiger partial charge in [-0.25, -0.2) is 9.97 Å². The molecule has 0 atom stereocenters. The lowest BCUT2D eigenvalue weighted by molar-refractivity contribution is 0.928. The summed E-state index contributed by atoms with van der Waals surface area (Å²) in [5, 5.41) is 0. The molecular weight excluding hydrogens is 214 g/mol. The van der Waals surface area contributed by atoms with Gasteiger partial charge in [-0.2, -0.15) is 0 Å². The van der Waals surface area contributed by atoms with Crippen LogP contribution in [0, 0.1) is 13.8 Å². The van der Waals surface area contributed by atoms with E-state index in [1.165, 1.54) is 0 Å². The first-order chi connectivity index (χ1) is 8.15. The van der Waals surface area contributed by atoms with Gasteiger partial charge in [0.05, 0.1) is 16.7 Å². The number of rotatable bonds is 1. The Bertz CT molecular complexity index is 692. The molecule has 0 bridgehead atoms. The number of nitrogens with zero attached hydrogens (tertiary/aromatic N) is 3. The van der Waals surface area contributed by atoms with Crippen molar-refractivity contribution in [2.75, 3.05) is 5.73 Å². The maximum Gasteiger partial charge on any atom is 0.213 e. The van der Waals surface area contributed by atoms with Crippen molar-refractivity contribution in [1.82, 2.24) is 19.5 Å². The highest BCUT2D eigenvalue weighted by molar-refractivity contribution is 5.79. The summed E-state index contributed by atoms with van der Waals surface area (Å²) >= 11 is 0. The number of imidazole rings is 2. The van der Waals surface area contributed by atoms with Crippen molar-refractivity contribution in [2.45, 2.75) is 13.8 Å². The van der Waals surface area contributed by atoms with Gasteiger partial charge in [-0.05, 0) is 32.0 Å². The Morgan fingerprint density at radius 3 is 2.82 bits per heavy atom. The number of nitrogens with one attached hydrogen (secondary N) is 1. The minimum atomic E-state index is 0.728. The van der Waals surface area contributed by atoms with Crippen LogP contribution in [0.1, 0.15) is 11.4 Å². The van der Waals surface area contributed by atoms with Crippen LogP contribution in [0.3, 0.4) is 0 Å². The molecular formula is C12H13N5. The van der Waals surface area contributed by atoms with Crippen molar-refractivity contribution in [1.29, 1.82) is 0 Å². The number of benzene rings is 1. The van der Waals surface area contributed by atoms with Gasteiger partial charge in [0.1, 0.15) is 6.33 Å². The van der Waals surface area contributed by atoms with Gasteiger partial charge < -0.3 is 10.7 Å². The lowest BCUT2D eigenvalue weighted by Crippen LogP contribution is -1.97. The van der Waals surface area contributed by atoms with E-state index in [1.54, 1.807) is 6.33 Å². The number of nitrogens with two attached hydrogens (primary N) is 1. The Morgan fingerprint density at radius 1 is 1.29 bits per heavy atom. The van der Waals surface area contributed by atoms with Crippen LogP contribution >= 0.6 is 0 Å². The number of anilines is 1. The fourth-order valence-corrected chi connectivity index (χ4v) is 1.84. The van der Waals surface area contributed by atoms with Crippen molar-refractivity contribution in [3.05, 3.63) is 35.9 Å². The zero-order valence-electron chi connectivity index (χ0n) is 9.73. The monoisotopic (exact) mass is 227 g/mol. The Morgan fingerprint density at radius 2 is 2.12 bits per heavy atom. The highest BCUT2D eigenvalue weighted by atomic mass is 15.2. The third-order valence-corrected chi connectivity index (χ3v) is 2.97. The van der Waals surface area contributed by atoms with Crippen molar-refractivity contribution in [3.8, 4) is 5.95 Å². The van der Waals surface area contributed by atoms with E-state index in [4.69, 9.17) is 5.73 Å². The number of hydrogen-bond acceptors (Lipinski definition) is 3. The number of fused-ring (bicyclic) bond motifs is 1. The summed E-state index contributed by atoms with van der Waals surface area (Å²) < 4.78 is 1.94. The van der Waals surface area contributed by atoms with Gasteiger partial charge in [-0.1, -0.05) is 0 Å². The van der Waals surface area contributed by atoms with Crippen LogP contribution in [0.2, 0.25) is 0 Å². The Hall–Kier alpha value is -2.30. The molecule has 5 nitrogen and oxygen atoms in total. The maximum absolute atomic E-state index is 5.74. The quantitative estimate of drug-likeness (QED) is 0.624. The van der Waals surface area contributed by atoms with Gasteiger partial charge >= 0.3 is 0 Å². The van der Waals surface area contributed by atoms with E-state index < -0.39 is 0 Å². The molecule has 0 aliphatic carbocycles. The molecule has 0 radical (unpaired) electrons. The van der Waals surface area contributed by atoms with E-state index in [0.717, 1.165) is 34.1 Å². The van der Waals surface area contributed by atoms with Crippen molar-refractivity contribution in [3.63, 3.8) is 0 Å². The summed E-state index contributed by atoms with van der Waals surface area (Å²) in [5.41, 5.74) is 10.4. The SMILES string of the molecule is Cc1ncn(-c2nc3ccc(N)cc3[nH]2)c1C. The zero-order chi connectivity index (χ0) is 12.0. The van der Waals surface area contributed by atoms with Gasteiger partial charge in [-0.15, -0.1) is 0 Å². The summed E-state index contributed by atoms with van der Waals surface area (Å²) in [5.74, 6) is 0.767. The standard InChI is InChI=1S/C12H13N5/c1-7-8(2)17(6-14-7)12-15-10-4-3-9(13)5-11(10)16-12/h3-6H,13H2,1-2H3,(H,15,16). The predicted octanol–water partition coefficient (Wildman–Crippen LogP) is 1.95. The number of aromatic amines is 1. The molecule has 2 aromatic heterocycles. The van der Waals surface area contributed by atoms with Gasteiger partial charge in [0.15, 0.2) is 0 Å². The molecule has 0 amide bonds. The van der Waals surface area contributed by atoms with E-state index in [2.05, 4.69) is 15.0 Å². The molecule has 2 heterocycles. The van der Waals surface area contributed by atoms with Crippen LogP contribution < -0.4 is 5.73 Å². The third-order valence-electron chi connectivity index (χ3n) is 2.97. The molecule has 0 saturated heterocycles. The summed E-state index contributed by atoms with van der Waals surface area (Å²) in [6.45, 7) is 4.00. The zero-order valence-corrected chi connectivity index (χ0v) is 9.73. The topological polar surface area (TPSA) is 72.5 Å². The number of H-pyrrole nitrogens is 1. The molecule has 0 spiro atoms. The highest BCUT2D eigenvalue weighted by Gasteiger charge is 2.08. The highest BCUT2D eigenvalue weighted by Crippen LogP contribution is 2.18. The predicted molar refractivity (Wildman–Crippen MR) is 67.1 cm³/mol. The van der Waals surface area contributed by atoms with Crippen LogP contribution in [-0.2, 0) is 0 Å². The number of aromatic nitrogens is 4. The number of aryl methyl sites for hydroxylation is 1. The van der Waals surface area contributed by atoms with Crippen LogP contribution in [-0.4, -0.2) is 19.5 Å². The molecule has 1 aromatic carbocycles. The molecule has 3 aromatic rings. The Balaban J connectivity index is 2.21. The molecule has 17 heavy (non-hydrogen) atoms. The van der Waals surface area contributed by atoms with Crippen LogP contribution in [0.4, 0.5) is 5.69 Å². The van der Waals surface area contributed by atoms with E-state index in [1.807, 2.05) is 36.6 Å². The molecule has 0 aliphatic heterocycles. The second kappa shape index (κ2) is 3.35. The minimum Gasteiger partial charge on any atom is -0.399 e. The first-order valence-electron chi connectivity index (χ1n) is 5.41. The van der Waals surface area contributed by atoms with E-state index in [-0.39, 0.29) is 0 Å². The van der Waals surface area contributed by atoms with Crippen LogP contribution in [0.25, 0.3) is 17.0 Å². The maximum atomic E-state index is 5.74. The van der Waals surface area contributed by atoms with Crippen LogP contribution in [0.15, 0.2) is 24.5 Å². The smallest absolute Gasteiger partial charge is 0.213 e. The average Bonchev–Trinajstić information content (AvgIpc) is 2.83. The molecule has 0 saturated carbocycles. The van der Waals surface area contributed by atoms with E-state index in [0.29, 0.717) is 0 Å². The van der Waals surface area contributed by atoms with E-state index in [9.17, 15) is 0 Å². The summed E-state index contributed by atoms with van der Waals surface area (Å²) in [7, 11) is 0. The summed E-state index contributed by atoms with van der Waals surface area (Å²) in [6.07, 6.45) is 1.77. The second-order valence-electron chi connectivity index (χ2n) is 4.12. The molecule has 5 heteroatoms. The normalized spacial score (nSPS) is 11.2. The fraction of sp³-hybridized carbons (Fsp3) is 0.167. The number of nitrogen functional groups attached to an aromatic ring is 1. The molecule has 0 aliphatic rings. The van der Waals surface area contributed by atoms with Crippen molar-refractivity contribution in [2.24, 2.45) is 0 Å². The van der Waals surface area contributed by atoms with Gasteiger partial charge in [-0.3, -0.25) is 4.57 Å². The molecule has 86 valence electrons. The summed E-state index contributed by atoms with van der Waals surface area (Å²) in [4.78, 5) is 12.0. The minimum absolute atomic E-state index is 0.728. The lowest BCUT2D eigenvalue weighted by Gasteiger charge is -1.99. The third kappa shape index (κ3) is 1.47. The van der Waals surface area contributed by atoms with Crippen molar-refractivity contribution >= 4 is 16.7 Å². The van der Waals surface area contributed by atoms with Crippen molar-refractivity contribution < 1.29 is 0 Å². The van der Waals surface area contributed by atoms with Gasteiger partial charge in [0.25, 0.3) is 0 Å². The van der Waals surface area contributed by atoms with Gasteiger partial charge in [0.2, 0.25) is 5.95 Å². The van der Waals surface area contributed by atoms with Crippen LogP contribution in [0.5, 0.6) is 0 Å². The lowest BCUT2D eigenvalue weighted by atomic mass is 10.3. The fourth-order valence-electron chi connectivity index (χ4n) is 1.84. The molecule has 0 unspecified atom stereocenters. The van der Waals surface area contributed by atoms with Gasteiger partial charge in [0, 0.05) is 11.4 Å². The summed E-state index contributed by atoms with van der Waals surface area (Å²) in [6, 6.07) is 5.63.